The number of para-hydroxylation sites is 2. The average molecular weight is 671 g/mol. The molecule has 2 aliphatic carbocycles. The predicted octanol–water partition coefficient (Wildman–Crippen LogP) is 10.1. The van der Waals surface area contributed by atoms with Crippen molar-refractivity contribution in [2.75, 3.05) is 0 Å². The molecule has 0 saturated heterocycles. The lowest BCUT2D eigenvalue weighted by atomic mass is 9.73. The van der Waals surface area contributed by atoms with Crippen molar-refractivity contribution in [3.05, 3.63) is 228 Å². The summed E-state index contributed by atoms with van der Waals surface area (Å²) in [5.74, 6) is 0. The van der Waals surface area contributed by atoms with Crippen LogP contribution >= 0.6 is 6.89 Å². The van der Waals surface area contributed by atoms with Gasteiger partial charge in [-0.25, -0.2) is 9.98 Å². The van der Waals surface area contributed by atoms with Gasteiger partial charge in [0.05, 0.1) is 22.8 Å². The Labute approximate surface area is 299 Å². The van der Waals surface area contributed by atoms with Crippen LogP contribution in [0.1, 0.15) is 22.3 Å². The van der Waals surface area contributed by atoms with E-state index in [1.807, 2.05) is 0 Å². The van der Waals surface area contributed by atoms with Crippen LogP contribution in [-0.2, 0) is 6.42 Å². The molecular weight excluding hydrogens is 636 g/mol. The van der Waals surface area contributed by atoms with Crippen molar-refractivity contribution < 1.29 is 0 Å². The zero-order chi connectivity index (χ0) is 34.0. The van der Waals surface area contributed by atoms with E-state index in [-0.39, 0.29) is 0 Å². The molecule has 0 unspecified atom stereocenters. The maximum Gasteiger partial charge on any atom is 0.0842 e. The Hall–Kier alpha value is -6.08. The summed E-state index contributed by atoms with van der Waals surface area (Å²) in [6, 6.07) is 71.7. The predicted molar refractivity (Wildman–Crippen MR) is 219 cm³/mol. The van der Waals surface area contributed by atoms with Gasteiger partial charge in [-0.3, -0.25) is 0 Å². The number of allylic oxidation sites excluding steroid dienone is 1. The highest BCUT2D eigenvalue weighted by atomic mass is 31.2. The third-order valence-corrected chi connectivity index (χ3v) is 14.2. The maximum atomic E-state index is 5.65. The Balaban J connectivity index is 1.54. The van der Waals surface area contributed by atoms with Crippen molar-refractivity contribution in [1.29, 1.82) is 0 Å². The van der Waals surface area contributed by atoms with Crippen LogP contribution in [0.25, 0.3) is 5.57 Å². The molecule has 51 heavy (non-hydrogen) atoms. The highest BCUT2D eigenvalue weighted by Gasteiger charge is 2.46. The first-order valence-corrected chi connectivity index (χ1v) is 19.2. The topological polar surface area (TPSA) is 24.7 Å². The molecule has 1 saturated carbocycles. The SMILES string of the molecule is c1ccc(N=C2C(=C3c4ccccc4Cc4ccccc43)C(=Nc3ccccc3)C2=P(c2ccccc2)(c2ccccc2)c2ccccc2)cc1. The molecule has 0 atom stereocenters. The van der Waals surface area contributed by atoms with E-state index in [4.69, 9.17) is 9.98 Å². The number of fused-ring (bicyclic) bond motifs is 2. The van der Waals surface area contributed by atoms with Crippen molar-refractivity contribution in [3.63, 3.8) is 0 Å². The Morgan fingerprint density at radius 3 is 1.06 bits per heavy atom. The van der Waals surface area contributed by atoms with Crippen LogP contribution in [0.15, 0.2) is 216 Å². The molecule has 0 aromatic heterocycles. The van der Waals surface area contributed by atoms with Gasteiger partial charge in [-0.1, -0.05) is 176 Å². The zero-order valence-corrected chi connectivity index (χ0v) is 29.0. The number of benzene rings is 7. The molecule has 7 aromatic rings. The van der Waals surface area contributed by atoms with Gasteiger partial charge < -0.3 is 0 Å². The molecule has 7 aromatic carbocycles. The van der Waals surface area contributed by atoms with Crippen LogP contribution in [0.4, 0.5) is 11.4 Å². The summed E-state index contributed by atoms with van der Waals surface area (Å²) in [4.78, 5) is 11.3. The van der Waals surface area contributed by atoms with Crippen LogP contribution in [-0.4, -0.2) is 16.7 Å². The fraction of sp³-hybridized carbons (Fsp3) is 0.0208. The summed E-state index contributed by atoms with van der Waals surface area (Å²) in [5, 5.41) is 5.01. The molecule has 0 aliphatic heterocycles. The molecule has 0 heterocycles. The van der Waals surface area contributed by atoms with Gasteiger partial charge in [-0.15, -0.1) is 0 Å². The lowest BCUT2D eigenvalue weighted by Crippen LogP contribution is -2.48. The smallest absolute Gasteiger partial charge is 0.0842 e. The van der Waals surface area contributed by atoms with E-state index >= 15 is 0 Å². The molecule has 2 aliphatic rings. The van der Waals surface area contributed by atoms with Crippen LogP contribution in [0.5, 0.6) is 0 Å². The minimum atomic E-state index is -2.58. The highest BCUT2D eigenvalue weighted by molar-refractivity contribution is 7.98. The fourth-order valence-corrected chi connectivity index (χ4v) is 12.2. The second-order valence-corrected chi connectivity index (χ2v) is 16.2. The number of nitrogens with zero attached hydrogens (tertiary/aromatic N) is 2. The average Bonchev–Trinajstić information content (AvgIpc) is 3.21. The highest BCUT2D eigenvalue weighted by Crippen LogP contribution is 2.53. The Morgan fingerprint density at radius 2 is 0.667 bits per heavy atom. The summed E-state index contributed by atoms with van der Waals surface area (Å²) >= 11 is 0. The van der Waals surface area contributed by atoms with Gasteiger partial charge in [0.15, 0.2) is 0 Å². The van der Waals surface area contributed by atoms with E-state index in [1.165, 1.54) is 49.0 Å². The third-order valence-electron chi connectivity index (χ3n) is 9.89. The standard InChI is InChI=1S/C48H35N2P/c1-6-22-37(23-7-1)49-46-45(44-42-32-18-16-20-35(42)34-36-21-17-19-33-43(36)44)47(50-38-24-8-2-9-25-38)48(46)51(39-26-10-3-11-27-39,40-28-12-4-13-29-40)41-30-14-5-15-31-41/h1-33H,34H2. The van der Waals surface area contributed by atoms with Crippen molar-refractivity contribution in [3.8, 4) is 0 Å². The Kier molecular flexibility index (Phi) is 8.08. The molecule has 0 N–H and O–H groups in total. The van der Waals surface area contributed by atoms with Gasteiger partial charge in [-0.2, -0.15) is 0 Å². The van der Waals surface area contributed by atoms with Gasteiger partial charge in [0.2, 0.25) is 0 Å². The van der Waals surface area contributed by atoms with E-state index in [0.717, 1.165) is 34.8 Å². The fourth-order valence-electron chi connectivity index (χ4n) is 7.68. The number of rotatable bonds is 5. The first-order chi connectivity index (χ1) is 25.3. The minimum absolute atomic E-state index is 0.894. The van der Waals surface area contributed by atoms with Crippen LogP contribution in [0, 0.1) is 0 Å². The monoisotopic (exact) mass is 670 g/mol. The largest absolute Gasteiger partial charge is 0.248 e. The van der Waals surface area contributed by atoms with Gasteiger partial charge in [0.1, 0.15) is 0 Å². The first-order valence-electron chi connectivity index (χ1n) is 17.5. The molecule has 0 spiro atoms. The quantitative estimate of drug-likeness (QED) is 0.163. The van der Waals surface area contributed by atoms with Crippen molar-refractivity contribution in [2.45, 2.75) is 6.42 Å². The molecule has 0 bridgehead atoms. The van der Waals surface area contributed by atoms with Gasteiger partial charge in [0, 0.05) is 16.4 Å². The molecule has 9 rings (SSSR count). The molecule has 242 valence electrons. The first kappa shape index (κ1) is 30.9. The van der Waals surface area contributed by atoms with E-state index in [1.54, 1.807) is 0 Å². The van der Waals surface area contributed by atoms with Crippen molar-refractivity contribution in [1.82, 2.24) is 0 Å². The summed E-state index contributed by atoms with van der Waals surface area (Å²) in [7, 11) is 0. The van der Waals surface area contributed by atoms with E-state index in [9.17, 15) is 0 Å². The summed E-state index contributed by atoms with van der Waals surface area (Å²) in [6.45, 7) is -2.58. The van der Waals surface area contributed by atoms with E-state index in [0.29, 0.717) is 0 Å². The third kappa shape index (κ3) is 5.37. The molecule has 0 amide bonds. The van der Waals surface area contributed by atoms with Crippen molar-refractivity contribution in [2.24, 2.45) is 9.98 Å². The van der Waals surface area contributed by atoms with E-state index < -0.39 is 6.89 Å². The normalized spacial score (nSPS) is 15.3. The molecular formula is C48H35N2P. The number of aliphatic imine (C=N–C) groups is 2. The second kappa shape index (κ2) is 13.3. The lowest BCUT2D eigenvalue weighted by Gasteiger charge is -2.41. The molecule has 1 fully saturated rings. The van der Waals surface area contributed by atoms with Crippen LogP contribution in [0.2, 0.25) is 0 Å². The summed E-state index contributed by atoms with van der Waals surface area (Å²) < 4.78 is 0. The second-order valence-electron chi connectivity index (χ2n) is 12.9. The van der Waals surface area contributed by atoms with Gasteiger partial charge in [0.25, 0.3) is 0 Å². The lowest BCUT2D eigenvalue weighted by molar-refractivity contribution is 1.14. The number of hydrogen-bond acceptors (Lipinski definition) is 2. The zero-order valence-electron chi connectivity index (χ0n) is 28.1. The van der Waals surface area contributed by atoms with Crippen molar-refractivity contribution >= 4 is 56.5 Å². The van der Waals surface area contributed by atoms with Gasteiger partial charge >= 0.3 is 0 Å². The molecule has 2 nitrogen and oxygen atoms in total. The van der Waals surface area contributed by atoms with E-state index in [2.05, 4.69) is 200 Å². The Morgan fingerprint density at radius 1 is 0.333 bits per heavy atom. The summed E-state index contributed by atoms with van der Waals surface area (Å²) in [6.07, 6.45) is 0.894. The molecule has 3 heteroatoms. The maximum absolute atomic E-state index is 5.65. The molecule has 0 radical (unpaired) electrons. The van der Waals surface area contributed by atoms with Crippen LogP contribution in [0.3, 0.4) is 0 Å². The number of hydrogen-bond donors (Lipinski definition) is 0. The van der Waals surface area contributed by atoms with Crippen LogP contribution < -0.4 is 15.9 Å². The van der Waals surface area contributed by atoms with Gasteiger partial charge in [-0.05, 0) is 75.7 Å². The summed E-state index contributed by atoms with van der Waals surface area (Å²) in [5.41, 5.74) is 11.3. The minimum Gasteiger partial charge on any atom is -0.248 e. The Bertz CT molecular complexity index is 2300.